The molecule has 1 amide bonds. The molecule has 2 heterocycles. The highest BCUT2D eigenvalue weighted by atomic mass is 35.5. The topological polar surface area (TPSA) is 46.4 Å². The van der Waals surface area contributed by atoms with Crippen molar-refractivity contribution >= 4 is 23.0 Å². The molecule has 0 bridgehead atoms. The number of carbonyl (C=O) groups is 1. The Bertz CT molecular complexity index is 749. The summed E-state index contributed by atoms with van der Waals surface area (Å²) in [7, 11) is 0. The Morgan fingerprint density at radius 3 is 2.81 bits per heavy atom. The van der Waals surface area contributed by atoms with Crippen molar-refractivity contribution in [3.05, 3.63) is 71.0 Å². The van der Waals surface area contributed by atoms with Crippen molar-refractivity contribution in [3.63, 3.8) is 0 Å². The van der Waals surface area contributed by atoms with Gasteiger partial charge in [0, 0.05) is 11.2 Å². The third-order valence-electron chi connectivity index (χ3n) is 3.20. The van der Waals surface area contributed by atoms with E-state index in [9.17, 15) is 4.79 Å². The Hall–Kier alpha value is -2.33. The van der Waals surface area contributed by atoms with Crippen molar-refractivity contribution in [1.82, 2.24) is 14.9 Å². The number of rotatable bonds is 4. The highest BCUT2D eigenvalue weighted by molar-refractivity contribution is 6.31. The Balaban J connectivity index is 1.62. The normalized spacial score (nSPS) is 10.7. The monoisotopic (exact) mass is 299 g/mol. The van der Waals surface area contributed by atoms with E-state index >= 15 is 0 Å². The van der Waals surface area contributed by atoms with Gasteiger partial charge in [0.2, 0.25) is 5.91 Å². The van der Waals surface area contributed by atoms with Crippen LogP contribution < -0.4 is 5.32 Å². The van der Waals surface area contributed by atoms with E-state index in [1.54, 1.807) is 10.6 Å². The average molecular weight is 300 g/mol. The molecule has 5 heteroatoms. The Morgan fingerprint density at radius 2 is 2.00 bits per heavy atom. The number of benzene rings is 1. The molecule has 1 N–H and O–H groups in total. The quantitative estimate of drug-likeness (QED) is 0.805. The summed E-state index contributed by atoms with van der Waals surface area (Å²) in [5.74, 6) is -0.0693. The fraction of sp³-hybridized carbons (Fsp3) is 0.125. The summed E-state index contributed by atoms with van der Waals surface area (Å²) in [6, 6.07) is 15.2. The van der Waals surface area contributed by atoms with Crippen LogP contribution in [0, 0.1) is 0 Å². The fourth-order valence-electron chi connectivity index (χ4n) is 2.14. The molecule has 3 rings (SSSR count). The number of hydrogen-bond donors (Lipinski definition) is 1. The van der Waals surface area contributed by atoms with Gasteiger partial charge in [0.25, 0.3) is 0 Å². The molecule has 0 radical (unpaired) electrons. The summed E-state index contributed by atoms with van der Waals surface area (Å²) in [6.07, 6.45) is 2.15. The molecule has 3 aromatic rings. The molecule has 0 aliphatic rings. The van der Waals surface area contributed by atoms with Crippen LogP contribution in [0.15, 0.2) is 54.7 Å². The zero-order valence-corrected chi connectivity index (χ0v) is 12.0. The first-order valence-electron chi connectivity index (χ1n) is 6.66. The molecular weight excluding hydrogens is 286 g/mol. The first-order chi connectivity index (χ1) is 10.2. The Morgan fingerprint density at radius 1 is 1.19 bits per heavy atom. The predicted octanol–water partition coefficient (Wildman–Crippen LogP) is 2.85. The second kappa shape index (κ2) is 5.97. The first-order valence-corrected chi connectivity index (χ1v) is 7.03. The molecule has 2 aromatic heterocycles. The molecule has 0 atom stereocenters. The second-order valence-electron chi connectivity index (χ2n) is 4.75. The van der Waals surface area contributed by atoms with Gasteiger partial charge in [-0.25, -0.2) is 4.52 Å². The van der Waals surface area contributed by atoms with Crippen LogP contribution in [0.25, 0.3) is 5.52 Å². The van der Waals surface area contributed by atoms with Crippen LogP contribution in [-0.4, -0.2) is 15.5 Å². The number of carbonyl (C=O) groups excluding carboxylic acids is 1. The van der Waals surface area contributed by atoms with E-state index in [1.807, 2.05) is 48.7 Å². The van der Waals surface area contributed by atoms with E-state index in [4.69, 9.17) is 11.6 Å². The predicted molar refractivity (Wildman–Crippen MR) is 82.2 cm³/mol. The van der Waals surface area contributed by atoms with Gasteiger partial charge in [-0.15, -0.1) is 0 Å². The molecule has 0 saturated heterocycles. The summed E-state index contributed by atoms with van der Waals surface area (Å²) < 4.78 is 1.79. The summed E-state index contributed by atoms with van der Waals surface area (Å²) in [5.41, 5.74) is 2.66. The first kappa shape index (κ1) is 13.6. The number of amides is 1. The van der Waals surface area contributed by atoms with Crippen molar-refractivity contribution in [2.45, 2.75) is 13.0 Å². The van der Waals surface area contributed by atoms with Gasteiger partial charge >= 0.3 is 0 Å². The van der Waals surface area contributed by atoms with Gasteiger partial charge in [0.05, 0.1) is 24.2 Å². The van der Waals surface area contributed by atoms with Gasteiger partial charge in [0.1, 0.15) is 0 Å². The van der Waals surface area contributed by atoms with Crippen molar-refractivity contribution in [2.24, 2.45) is 0 Å². The number of pyridine rings is 1. The molecule has 0 aliphatic heterocycles. The third-order valence-corrected chi connectivity index (χ3v) is 3.56. The molecule has 0 spiro atoms. The van der Waals surface area contributed by atoms with E-state index in [0.717, 1.165) is 16.8 Å². The largest absolute Gasteiger partial charge is 0.350 e. The number of nitrogens with one attached hydrogen (secondary N) is 1. The SMILES string of the molecule is O=C(Cc1ccccc1Cl)NCc1cc2ccccn2n1. The smallest absolute Gasteiger partial charge is 0.224 e. The van der Waals surface area contributed by atoms with Gasteiger partial charge in [-0.2, -0.15) is 5.10 Å². The summed E-state index contributed by atoms with van der Waals surface area (Å²) in [5, 5.41) is 7.86. The summed E-state index contributed by atoms with van der Waals surface area (Å²) in [4.78, 5) is 11.9. The Kier molecular flexibility index (Phi) is 3.88. The zero-order chi connectivity index (χ0) is 14.7. The van der Waals surface area contributed by atoms with Crippen LogP contribution in [0.5, 0.6) is 0 Å². The number of fused-ring (bicyclic) bond motifs is 1. The molecule has 106 valence electrons. The van der Waals surface area contributed by atoms with Gasteiger partial charge in [-0.05, 0) is 29.8 Å². The highest BCUT2D eigenvalue weighted by Crippen LogP contribution is 2.15. The minimum absolute atomic E-state index is 0.0693. The minimum atomic E-state index is -0.0693. The van der Waals surface area contributed by atoms with Crippen LogP contribution >= 0.6 is 11.6 Å². The van der Waals surface area contributed by atoms with Crippen LogP contribution in [0.2, 0.25) is 5.02 Å². The number of hydrogen-bond acceptors (Lipinski definition) is 2. The number of aromatic nitrogens is 2. The summed E-state index contributed by atoms with van der Waals surface area (Å²) >= 11 is 6.04. The van der Waals surface area contributed by atoms with Crippen LogP contribution in [0.3, 0.4) is 0 Å². The molecule has 0 saturated carbocycles. The van der Waals surface area contributed by atoms with Crippen LogP contribution in [0.1, 0.15) is 11.3 Å². The lowest BCUT2D eigenvalue weighted by Crippen LogP contribution is -2.24. The van der Waals surface area contributed by atoms with E-state index in [1.165, 1.54) is 0 Å². The molecule has 0 aliphatic carbocycles. The lowest BCUT2D eigenvalue weighted by atomic mass is 10.1. The highest BCUT2D eigenvalue weighted by Gasteiger charge is 2.07. The van der Waals surface area contributed by atoms with Gasteiger partial charge in [-0.1, -0.05) is 35.9 Å². The van der Waals surface area contributed by atoms with Gasteiger partial charge in [-0.3, -0.25) is 4.79 Å². The third kappa shape index (κ3) is 3.23. The molecular formula is C16H14ClN3O. The lowest BCUT2D eigenvalue weighted by Gasteiger charge is -2.05. The summed E-state index contributed by atoms with van der Waals surface area (Å²) in [6.45, 7) is 0.408. The van der Waals surface area contributed by atoms with Crippen LogP contribution in [0.4, 0.5) is 0 Å². The van der Waals surface area contributed by atoms with E-state index in [2.05, 4.69) is 10.4 Å². The molecule has 4 nitrogen and oxygen atoms in total. The Labute approximate surface area is 127 Å². The minimum Gasteiger partial charge on any atom is -0.350 e. The maximum atomic E-state index is 11.9. The molecule has 0 unspecified atom stereocenters. The van der Waals surface area contributed by atoms with Crippen molar-refractivity contribution in [1.29, 1.82) is 0 Å². The van der Waals surface area contributed by atoms with E-state index < -0.39 is 0 Å². The molecule has 1 aromatic carbocycles. The maximum Gasteiger partial charge on any atom is 0.224 e. The maximum absolute atomic E-state index is 11.9. The van der Waals surface area contributed by atoms with Crippen molar-refractivity contribution < 1.29 is 4.79 Å². The van der Waals surface area contributed by atoms with Gasteiger partial charge < -0.3 is 5.32 Å². The van der Waals surface area contributed by atoms with E-state index in [-0.39, 0.29) is 12.3 Å². The molecule has 21 heavy (non-hydrogen) atoms. The number of halogens is 1. The van der Waals surface area contributed by atoms with Crippen molar-refractivity contribution in [3.8, 4) is 0 Å². The molecule has 0 fully saturated rings. The lowest BCUT2D eigenvalue weighted by molar-refractivity contribution is -0.120. The van der Waals surface area contributed by atoms with Crippen molar-refractivity contribution in [2.75, 3.05) is 0 Å². The zero-order valence-electron chi connectivity index (χ0n) is 11.3. The standard InChI is InChI=1S/C16H14ClN3O/c17-15-7-2-1-5-12(15)9-16(21)18-11-13-10-14-6-3-4-8-20(14)19-13/h1-8,10H,9,11H2,(H,18,21). The van der Waals surface area contributed by atoms with E-state index in [0.29, 0.717) is 11.6 Å². The number of nitrogens with zero attached hydrogens (tertiary/aromatic N) is 2. The van der Waals surface area contributed by atoms with Crippen LogP contribution in [-0.2, 0) is 17.8 Å². The fourth-order valence-corrected chi connectivity index (χ4v) is 2.35. The average Bonchev–Trinajstić information content (AvgIpc) is 2.90. The second-order valence-corrected chi connectivity index (χ2v) is 5.16. The van der Waals surface area contributed by atoms with Gasteiger partial charge in [0.15, 0.2) is 0 Å².